The number of benzene rings is 1. The largest absolute Gasteiger partial charge is 0.379 e. The molecule has 0 unspecified atom stereocenters. The lowest BCUT2D eigenvalue weighted by Gasteiger charge is -2.26. The first kappa shape index (κ1) is 17.2. The van der Waals surface area contributed by atoms with Crippen molar-refractivity contribution in [2.45, 2.75) is 13.5 Å². The van der Waals surface area contributed by atoms with Crippen molar-refractivity contribution in [2.75, 3.05) is 31.6 Å². The molecule has 3 aromatic rings. The second kappa shape index (κ2) is 7.19. The first-order valence-corrected chi connectivity index (χ1v) is 9.40. The molecule has 4 rings (SSSR count). The number of aryl methyl sites for hydroxylation is 1. The van der Waals surface area contributed by atoms with Crippen molar-refractivity contribution >= 4 is 33.1 Å². The summed E-state index contributed by atoms with van der Waals surface area (Å²) in [5, 5.41) is 2.85. The van der Waals surface area contributed by atoms with E-state index in [-0.39, 0.29) is 11.7 Å². The average molecular weight is 373 g/mol. The Kier molecular flexibility index (Phi) is 4.76. The molecule has 1 amide bonds. The Morgan fingerprint density at radius 3 is 2.77 bits per heavy atom. The summed E-state index contributed by atoms with van der Waals surface area (Å²) in [5.74, 6) is -0.534. The summed E-state index contributed by atoms with van der Waals surface area (Å²) in [5.41, 5.74) is 3.14. The highest BCUT2D eigenvalue weighted by Crippen LogP contribution is 2.32. The number of carbonyl (C=O) groups is 1. The molecule has 5 nitrogen and oxygen atoms in total. The molecular formula is C19H20FN3O2S. The number of aromatic amines is 1. The number of ether oxygens (including phenoxy) is 1. The number of nitrogens with one attached hydrogen (secondary N) is 2. The number of hydrogen-bond donors (Lipinski definition) is 2. The van der Waals surface area contributed by atoms with Crippen LogP contribution in [0.25, 0.3) is 10.2 Å². The quantitative estimate of drug-likeness (QED) is 0.732. The zero-order valence-electron chi connectivity index (χ0n) is 14.5. The first-order valence-electron chi connectivity index (χ1n) is 8.58. The molecule has 1 aromatic carbocycles. The van der Waals surface area contributed by atoms with E-state index in [4.69, 9.17) is 4.74 Å². The van der Waals surface area contributed by atoms with E-state index in [1.807, 2.05) is 0 Å². The van der Waals surface area contributed by atoms with Gasteiger partial charge in [-0.05, 0) is 37.3 Å². The normalized spacial score (nSPS) is 15.5. The minimum atomic E-state index is -0.327. The number of hydrogen-bond acceptors (Lipinski definition) is 4. The van der Waals surface area contributed by atoms with Crippen molar-refractivity contribution in [1.29, 1.82) is 0 Å². The Morgan fingerprint density at radius 2 is 2.04 bits per heavy atom. The number of halogens is 1. The van der Waals surface area contributed by atoms with Gasteiger partial charge in [0.05, 0.1) is 23.4 Å². The van der Waals surface area contributed by atoms with Crippen molar-refractivity contribution < 1.29 is 13.9 Å². The van der Waals surface area contributed by atoms with Gasteiger partial charge in [0, 0.05) is 35.8 Å². The predicted octanol–water partition coefficient (Wildman–Crippen LogP) is 3.76. The zero-order chi connectivity index (χ0) is 18.1. The van der Waals surface area contributed by atoms with Crippen LogP contribution >= 0.6 is 11.3 Å². The number of nitrogens with zero attached hydrogens (tertiary/aromatic N) is 1. The van der Waals surface area contributed by atoms with Gasteiger partial charge in [-0.2, -0.15) is 0 Å². The van der Waals surface area contributed by atoms with Gasteiger partial charge in [-0.1, -0.05) is 0 Å². The number of morpholine rings is 1. The number of thiophene rings is 1. The van der Waals surface area contributed by atoms with E-state index in [0.29, 0.717) is 31.1 Å². The van der Waals surface area contributed by atoms with Crippen molar-refractivity contribution in [1.82, 2.24) is 9.88 Å². The molecule has 1 aliphatic rings. The molecule has 7 heteroatoms. The van der Waals surface area contributed by atoms with Crippen LogP contribution in [-0.4, -0.2) is 42.1 Å². The summed E-state index contributed by atoms with van der Waals surface area (Å²) < 4.78 is 19.6. The van der Waals surface area contributed by atoms with Crippen LogP contribution in [-0.2, 0) is 11.3 Å². The fourth-order valence-electron chi connectivity index (χ4n) is 3.21. The van der Waals surface area contributed by atoms with Crippen LogP contribution in [0.1, 0.15) is 20.9 Å². The summed E-state index contributed by atoms with van der Waals surface area (Å²) in [7, 11) is 0. The number of anilines is 1. The van der Waals surface area contributed by atoms with Crippen molar-refractivity contribution in [3.05, 3.63) is 52.3 Å². The molecular weight excluding hydrogens is 353 g/mol. The molecule has 0 spiro atoms. The maximum atomic E-state index is 13.1. The molecule has 2 aromatic heterocycles. The van der Waals surface area contributed by atoms with Crippen molar-refractivity contribution in [3.63, 3.8) is 0 Å². The van der Waals surface area contributed by atoms with E-state index in [2.05, 4.69) is 28.2 Å². The van der Waals surface area contributed by atoms with Crippen LogP contribution < -0.4 is 5.32 Å². The highest BCUT2D eigenvalue weighted by molar-refractivity contribution is 7.19. The van der Waals surface area contributed by atoms with Crippen molar-refractivity contribution in [2.24, 2.45) is 0 Å². The Morgan fingerprint density at radius 1 is 1.31 bits per heavy atom. The summed E-state index contributed by atoms with van der Waals surface area (Å²) >= 11 is 1.70. The van der Waals surface area contributed by atoms with Gasteiger partial charge >= 0.3 is 0 Å². The highest BCUT2D eigenvalue weighted by atomic mass is 32.1. The zero-order valence-corrected chi connectivity index (χ0v) is 15.3. The summed E-state index contributed by atoms with van der Waals surface area (Å²) in [4.78, 5) is 19.6. The van der Waals surface area contributed by atoms with Crippen LogP contribution in [0.5, 0.6) is 0 Å². The minimum absolute atomic E-state index is 0.207. The van der Waals surface area contributed by atoms with Gasteiger partial charge in [0.25, 0.3) is 5.91 Å². The number of carbonyl (C=O) groups excluding carboxylic acids is 1. The van der Waals surface area contributed by atoms with Crippen LogP contribution in [0.2, 0.25) is 0 Å². The number of aromatic nitrogens is 1. The van der Waals surface area contributed by atoms with Crippen LogP contribution in [0.15, 0.2) is 30.3 Å². The topological polar surface area (TPSA) is 57.4 Å². The highest BCUT2D eigenvalue weighted by Gasteiger charge is 2.22. The van der Waals surface area contributed by atoms with Gasteiger partial charge < -0.3 is 15.0 Å². The van der Waals surface area contributed by atoms with Crippen LogP contribution in [0.3, 0.4) is 0 Å². The standard InChI is InChI=1S/C19H20FN3O2S/c1-12-10-16-18(26-12)15(11-23-6-8-25-9-7-23)17(22-16)19(24)21-14-4-2-13(20)3-5-14/h2-5,10,22H,6-9,11H2,1H3,(H,21,24). The maximum absolute atomic E-state index is 13.1. The summed E-state index contributed by atoms with van der Waals surface area (Å²) in [6, 6.07) is 7.86. The maximum Gasteiger partial charge on any atom is 0.272 e. The SMILES string of the molecule is Cc1cc2[nH]c(C(=O)Nc3ccc(F)cc3)c(CN3CCOCC3)c2s1. The molecule has 0 aliphatic carbocycles. The summed E-state index contributed by atoms with van der Waals surface area (Å²) in [6.45, 7) is 5.92. The van der Waals surface area contributed by atoms with E-state index >= 15 is 0 Å². The van der Waals surface area contributed by atoms with Crippen molar-refractivity contribution in [3.8, 4) is 0 Å². The Hall–Kier alpha value is -2.22. The molecule has 1 saturated heterocycles. The third-order valence-electron chi connectivity index (χ3n) is 4.51. The van der Waals surface area contributed by atoms with E-state index in [1.165, 1.54) is 17.0 Å². The van der Waals surface area contributed by atoms with Gasteiger partial charge in [-0.15, -0.1) is 11.3 Å². The molecule has 1 aliphatic heterocycles. The third kappa shape index (κ3) is 3.51. The minimum Gasteiger partial charge on any atom is -0.379 e. The van der Waals surface area contributed by atoms with E-state index < -0.39 is 0 Å². The molecule has 2 N–H and O–H groups in total. The third-order valence-corrected chi connectivity index (χ3v) is 5.62. The van der Waals surface area contributed by atoms with E-state index in [0.717, 1.165) is 28.9 Å². The summed E-state index contributed by atoms with van der Waals surface area (Å²) in [6.07, 6.45) is 0. The number of rotatable bonds is 4. The molecule has 26 heavy (non-hydrogen) atoms. The second-order valence-corrected chi connectivity index (χ2v) is 7.68. The molecule has 0 atom stereocenters. The smallest absolute Gasteiger partial charge is 0.272 e. The number of fused-ring (bicyclic) bond motifs is 1. The Balaban J connectivity index is 1.64. The molecule has 0 radical (unpaired) electrons. The average Bonchev–Trinajstić information content (AvgIpc) is 3.15. The van der Waals surface area contributed by atoms with Crippen LogP contribution in [0.4, 0.5) is 10.1 Å². The molecule has 136 valence electrons. The first-order chi connectivity index (χ1) is 12.6. The van der Waals surface area contributed by atoms with Crippen LogP contribution in [0, 0.1) is 12.7 Å². The lowest BCUT2D eigenvalue weighted by molar-refractivity contribution is 0.0343. The monoisotopic (exact) mass is 373 g/mol. The Bertz CT molecular complexity index is 926. The Labute approximate surface area is 154 Å². The van der Waals surface area contributed by atoms with Gasteiger partial charge in [-0.25, -0.2) is 4.39 Å². The second-order valence-electron chi connectivity index (χ2n) is 6.43. The number of amides is 1. The van der Waals surface area contributed by atoms with Gasteiger partial charge in [-0.3, -0.25) is 9.69 Å². The molecule has 0 bridgehead atoms. The number of H-pyrrole nitrogens is 1. The lowest BCUT2D eigenvalue weighted by Crippen LogP contribution is -2.36. The van der Waals surface area contributed by atoms with Gasteiger partial charge in [0.1, 0.15) is 11.5 Å². The molecule has 1 fully saturated rings. The molecule has 0 saturated carbocycles. The van der Waals surface area contributed by atoms with E-state index in [9.17, 15) is 9.18 Å². The van der Waals surface area contributed by atoms with Gasteiger partial charge in [0.15, 0.2) is 0 Å². The predicted molar refractivity (Wildman–Crippen MR) is 101 cm³/mol. The molecule has 3 heterocycles. The van der Waals surface area contributed by atoms with Gasteiger partial charge in [0.2, 0.25) is 0 Å². The van der Waals surface area contributed by atoms with E-state index in [1.54, 1.807) is 23.5 Å². The lowest BCUT2D eigenvalue weighted by atomic mass is 10.2. The fraction of sp³-hybridized carbons (Fsp3) is 0.316. The fourth-order valence-corrected chi connectivity index (χ4v) is 4.22.